The summed E-state index contributed by atoms with van der Waals surface area (Å²) in [4.78, 5) is 0. The molecular formula is C18H20. The summed E-state index contributed by atoms with van der Waals surface area (Å²) < 4.78 is 0. The molecule has 0 bridgehead atoms. The van der Waals surface area contributed by atoms with Crippen LogP contribution in [0.5, 0.6) is 0 Å². The zero-order valence-corrected chi connectivity index (χ0v) is 11.6. The molecule has 2 aromatic carbocycles. The first-order chi connectivity index (χ1) is 8.63. The molecule has 0 heteroatoms. The Morgan fingerprint density at radius 2 is 1.50 bits per heavy atom. The van der Waals surface area contributed by atoms with Crippen LogP contribution in [0.1, 0.15) is 34.7 Å². The fraction of sp³-hybridized carbons (Fsp3) is 0.222. The third-order valence-corrected chi connectivity index (χ3v) is 3.41. The summed E-state index contributed by atoms with van der Waals surface area (Å²) in [6, 6.07) is 15.2. The zero-order valence-electron chi connectivity index (χ0n) is 11.6. The van der Waals surface area contributed by atoms with E-state index in [1.807, 2.05) is 0 Å². The Labute approximate surface area is 110 Å². The van der Waals surface area contributed by atoms with Crippen LogP contribution in [0.15, 0.2) is 48.5 Å². The minimum absolute atomic E-state index is 1.31. The molecule has 0 fully saturated rings. The van der Waals surface area contributed by atoms with Crippen molar-refractivity contribution >= 4 is 5.57 Å². The van der Waals surface area contributed by atoms with E-state index in [1.54, 1.807) is 0 Å². The number of benzene rings is 2. The van der Waals surface area contributed by atoms with Crippen LogP contribution in [0.25, 0.3) is 5.57 Å². The average molecular weight is 236 g/mol. The lowest BCUT2D eigenvalue weighted by Gasteiger charge is -2.14. The first kappa shape index (κ1) is 12.6. The van der Waals surface area contributed by atoms with Gasteiger partial charge in [0.15, 0.2) is 0 Å². The molecule has 18 heavy (non-hydrogen) atoms. The van der Waals surface area contributed by atoms with Crippen molar-refractivity contribution in [2.45, 2.75) is 27.7 Å². The molecule has 0 atom stereocenters. The Kier molecular flexibility index (Phi) is 3.66. The van der Waals surface area contributed by atoms with E-state index >= 15 is 0 Å². The molecule has 0 aliphatic heterocycles. The van der Waals surface area contributed by atoms with E-state index in [4.69, 9.17) is 0 Å². The zero-order chi connectivity index (χ0) is 13.1. The molecule has 0 nitrogen and oxygen atoms in total. The van der Waals surface area contributed by atoms with Crippen molar-refractivity contribution in [1.29, 1.82) is 0 Å². The largest absolute Gasteiger partial charge is 0.0792 e. The third kappa shape index (κ3) is 2.38. The van der Waals surface area contributed by atoms with Crippen molar-refractivity contribution in [2.24, 2.45) is 0 Å². The van der Waals surface area contributed by atoms with Crippen LogP contribution in [0.3, 0.4) is 0 Å². The van der Waals surface area contributed by atoms with E-state index in [0.29, 0.717) is 0 Å². The number of aryl methyl sites for hydroxylation is 3. The number of hydrogen-bond donors (Lipinski definition) is 0. The lowest BCUT2D eigenvalue weighted by atomic mass is 9.91. The quantitative estimate of drug-likeness (QED) is 0.683. The van der Waals surface area contributed by atoms with Crippen molar-refractivity contribution < 1.29 is 0 Å². The summed E-state index contributed by atoms with van der Waals surface area (Å²) in [5.41, 5.74) is 7.96. The molecule has 0 amide bonds. The maximum absolute atomic E-state index is 2.27. The van der Waals surface area contributed by atoms with Gasteiger partial charge in [0.05, 0.1) is 0 Å². The van der Waals surface area contributed by atoms with E-state index in [1.165, 1.54) is 33.4 Å². The van der Waals surface area contributed by atoms with Gasteiger partial charge < -0.3 is 0 Å². The van der Waals surface area contributed by atoms with Gasteiger partial charge in [-0.05, 0) is 55.5 Å². The van der Waals surface area contributed by atoms with Gasteiger partial charge in [-0.2, -0.15) is 0 Å². The molecular weight excluding hydrogens is 216 g/mol. The predicted molar refractivity (Wildman–Crippen MR) is 79.8 cm³/mol. The van der Waals surface area contributed by atoms with Gasteiger partial charge in [0.25, 0.3) is 0 Å². The summed E-state index contributed by atoms with van der Waals surface area (Å²) in [5.74, 6) is 0. The standard InChI is InChI=1S/C18H20/c1-5-16(17-9-7-6-8-14(17)3)18-12-13(2)10-11-15(18)4/h5-12H,1-4H3. The normalized spacial score (nSPS) is 11.7. The summed E-state index contributed by atoms with van der Waals surface area (Å²) >= 11 is 0. The summed E-state index contributed by atoms with van der Waals surface area (Å²) in [6.07, 6.45) is 2.21. The van der Waals surface area contributed by atoms with E-state index in [0.717, 1.165) is 0 Å². The SMILES string of the molecule is CC=C(c1ccccc1C)c1cc(C)ccc1C. The molecule has 0 N–H and O–H groups in total. The Morgan fingerprint density at radius 1 is 0.833 bits per heavy atom. The molecule has 0 saturated carbocycles. The third-order valence-electron chi connectivity index (χ3n) is 3.41. The van der Waals surface area contributed by atoms with Gasteiger partial charge in [-0.1, -0.05) is 54.1 Å². The van der Waals surface area contributed by atoms with Gasteiger partial charge in [0, 0.05) is 0 Å². The first-order valence-electron chi connectivity index (χ1n) is 6.43. The van der Waals surface area contributed by atoms with E-state index < -0.39 is 0 Å². The lowest BCUT2D eigenvalue weighted by molar-refractivity contribution is 1.34. The van der Waals surface area contributed by atoms with Gasteiger partial charge >= 0.3 is 0 Å². The van der Waals surface area contributed by atoms with E-state index in [-0.39, 0.29) is 0 Å². The van der Waals surface area contributed by atoms with Crippen LogP contribution in [-0.4, -0.2) is 0 Å². The Balaban J connectivity index is 2.60. The highest BCUT2D eigenvalue weighted by molar-refractivity contribution is 5.82. The Bertz CT molecular complexity index is 589. The van der Waals surface area contributed by atoms with Crippen LogP contribution >= 0.6 is 0 Å². The Hall–Kier alpha value is -1.82. The van der Waals surface area contributed by atoms with Crippen LogP contribution in [0, 0.1) is 20.8 Å². The van der Waals surface area contributed by atoms with E-state index in [9.17, 15) is 0 Å². The lowest BCUT2D eigenvalue weighted by Crippen LogP contribution is -1.94. The fourth-order valence-electron chi connectivity index (χ4n) is 2.36. The predicted octanol–water partition coefficient (Wildman–Crippen LogP) is 5.06. The molecule has 0 saturated heterocycles. The molecule has 2 aromatic rings. The molecule has 0 radical (unpaired) electrons. The minimum Gasteiger partial charge on any atom is -0.0792 e. The van der Waals surface area contributed by atoms with Crippen LogP contribution < -0.4 is 0 Å². The summed E-state index contributed by atoms with van der Waals surface area (Å²) in [5, 5.41) is 0. The maximum atomic E-state index is 2.27. The molecule has 0 heterocycles. The topological polar surface area (TPSA) is 0 Å². The number of hydrogen-bond acceptors (Lipinski definition) is 0. The van der Waals surface area contributed by atoms with Gasteiger partial charge in [-0.15, -0.1) is 0 Å². The highest BCUT2D eigenvalue weighted by atomic mass is 14.1. The van der Waals surface area contributed by atoms with Gasteiger partial charge in [-0.25, -0.2) is 0 Å². The minimum atomic E-state index is 1.31. The molecule has 0 unspecified atom stereocenters. The maximum Gasteiger partial charge on any atom is -0.0149 e. The average Bonchev–Trinajstić information content (AvgIpc) is 2.36. The first-order valence-corrected chi connectivity index (χ1v) is 6.43. The molecule has 0 aliphatic carbocycles. The van der Waals surface area contributed by atoms with Crippen molar-refractivity contribution in [3.05, 3.63) is 76.4 Å². The van der Waals surface area contributed by atoms with Crippen molar-refractivity contribution in [3.8, 4) is 0 Å². The second kappa shape index (κ2) is 5.22. The number of rotatable bonds is 2. The van der Waals surface area contributed by atoms with Gasteiger partial charge in [-0.3, -0.25) is 0 Å². The second-order valence-electron chi connectivity index (χ2n) is 4.84. The molecule has 0 aliphatic rings. The van der Waals surface area contributed by atoms with Crippen LogP contribution in [0.2, 0.25) is 0 Å². The highest BCUT2D eigenvalue weighted by Crippen LogP contribution is 2.28. The van der Waals surface area contributed by atoms with Crippen LogP contribution in [0.4, 0.5) is 0 Å². The fourth-order valence-corrected chi connectivity index (χ4v) is 2.36. The van der Waals surface area contributed by atoms with Crippen molar-refractivity contribution in [3.63, 3.8) is 0 Å². The van der Waals surface area contributed by atoms with Gasteiger partial charge in [0.1, 0.15) is 0 Å². The summed E-state index contributed by atoms with van der Waals surface area (Å²) in [6.45, 7) is 8.61. The second-order valence-corrected chi connectivity index (χ2v) is 4.84. The molecule has 92 valence electrons. The molecule has 0 aromatic heterocycles. The van der Waals surface area contributed by atoms with Gasteiger partial charge in [0.2, 0.25) is 0 Å². The highest BCUT2D eigenvalue weighted by Gasteiger charge is 2.09. The van der Waals surface area contributed by atoms with Crippen molar-refractivity contribution in [1.82, 2.24) is 0 Å². The molecule has 0 spiro atoms. The monoisotopic (exact) mass is 236 g/mol. The smallest absolute Gasteiger partial charge is 0.0149 e. The van der Waals surface area contributed by atoms with Crippen molar-refractivity contribution in [2.75, 3.05) is 0 Å². The molecule has 2 rings (SSSR count). The van der Waals surface area contributed by atoms with Crippen LogP contribution in [-0.2, 0) is 0 Å². The van der Waals surface area contributed by atoms with E-state index in [2.05, 4.69) is 76.2 Å². The Morgan fingerprint density at radius 3 is 2.17 bits per heavy atom. The number of allylic oxidation sites excluding steroid dienone is 1. The summed E-state index contributed by atoms with van der Waals surface area (Å²) in [7, 11) is 0.